The van der Waals surface area contributed by atoms with Gasteiger partial charge in [0.1, 0.15) is 11.6 Å². The van der Waals surface area contributed by atoms with E-state index in [-0.39, 0.29) is 28.4 Å². The molecule has 10 heteroatoms. The van der Waals surface area contributed by atoms with E-state index >= 15 is 0 Å². The lowest BCUT2D eigenvalue weighted by molar-refractivity contribution is -0.0498. The number of hydrogen-bond acceptors (Lipinski definition) is 4. The summed E-state index contributed by atoms with van der Waals surface area (Å²) in [5, 5.41) is 2.72. The maximum atomic E-state index is 13.0. The van der Waals surface area contributed by atoms with Gasteiger partial charge in [-0.05, 0) is 73.0 Å². The number of sulfonamides is 1. The van der Waals surface area contributed by atoms with Gasteiger partial charge >= 0.3 is 6.61 Å². The normalized spacial score (nSPS) is 11.3. The first-order valence-electron chi connectivity index (χ1n) is 9.85. The van der Waals surface area contributed by atoms with Crippen LogP contribution in [0.25, 0.3) is 0 Å². The SMILES string of the molecule is Cc1ccc(S(=O)(=O)Nc2ccc(F)cc2)cc1C(=O)NCCc1ccc(OC(F)F)cc1. The van der Waals surface area contributed by atoms with Gasteiger partial charge in [0.15, 0.2) is 0 Å². The topological polar surface area (TPSA) is 84.5 Å². The fraction of sp³-hybridized carbons (Fsp3) is 0.174. The number of nitrogens with one attached hydrogen (secondary N) is 2. The summed E-state index contributed by atoms with van der Waals surface area (Å²) in [6, 6.07) is 15.1. The summed E-state index contributed by atoms with van der Waals surface area (Å²) in [6.07, 6.45) is 0.434. The Bertz CT molecular complexity index is 1220. The Morgan fingerprint density at radius 2 is 1.67 bits per heavy atom. The number of aryl methyl sites for hydroxylation is 1. The molecular weight excluding hydrogens is 457 g/mol. The molecule has 0 atom stereocenters. The second-order valence-electron chi connectivity index (χ2n) is 7.12. The van der Waals surface area contributed by atoms with Gasteiger partial charge in [-0.2, -0.15) is 8.78 Å². The third-order valence-corrected chi connectivity index (χ3v) is 6.09. The predicted molar refractivity (Wildman–Crippen MR) is 117 cm³/mol. The lowest BCUT2D eigenvalue weighted by Gasteiger charge is -2.12. The Kier molecular flexibility index (Phi) is 7.59. The van der Waals surface area contributed by atoms with Gasteiger partial charge in [-0.15, -0.1) is 0 Å². The number of anilines is 1. The molecule has 33 heavy (non-hydrogen) atoms. The average Bonchev–Trinajstić information content (AvgIpc) is 2.76. The van der Waals surface area contributed by atoms with Crippen molar-refractivity contribution in [2.75, 3.05) is 11.3 Å². The maximum Gasteiger partial charge on any atom is 0.387 e. The average molecular weight is 478 g/mol. The minimum Gasteiger partial charge on any atom is -0.435 e. The summed E-state index contributed by atoms with van der Waals surface area (Å²) in [4.78, 5) is 12.5. The molecule has 0 aromatic heterocycles. The Labute approximate surface area is 189 Å². The van der Waals surface area contributed by atoms with E-state index in [9.17, 15) is 26.4 Å². The molecule has 0 unspecified atom stereocenters. The molecular formula is C23H21F3N2O4S. The smallest absolute Gasteiger partial charge is 0.387 e. The van der Waals surface area contributed by atoms with Gasteiger partial charge in [-0.25, -0.2) is 12.8 Å². The van der Waals surface area contributed by atoms with Crippen molar-refractivity contribution >= 4 is 21.6 Å². The largest absolute Gasteiger partial charge is 0.435 e. The highest BCUT2D eigenvalue weighted by Crippen LogP contribution is 2.20. The molecule has 3 aromatic rings. The van der Waals surface area contributed by atoms with Crippen LogP contribution in [-0.2, 0) is 16.4 Å². The van der Waals surface area contributed by atoms with E-state index in [4.69, 9.17) is 0 Å². The van der Waals surface area contributed by atoms with E-state index in [1.807, 2.05) is 0 Å². The Morgan fingerprint density at radius 1 is 1.00 bits per heavy atom. The lowest BCUT2D eigenvalue weighted by Crippen LogP contribution is -2.26. The van der Waals surface area contributed by atoms with E-state index in [1.165, 1.54) is 42.5 Å². The third kappa shape index (κ3) is 6.72. The van der Waals surface area contributed by atoms with Crippen molar-refractivity contribution in [2.45, 2.75) is 24.9 Å². The van der Waals surface area contributed by atoms with Crippen LogP contribution in [0.4, 0.5) is 18.9 Å². The van der Waals surface area contributed by atoms with Crippen LogP contribution in [0, 0.1) is 12.7 Å². The number of benzene rings is 3. The monoisotopic (exact) mass is 478 g/mol. The second kappa shape index (κ2) is 10.4. The summed E-state index contributed by atoms with van der Waals surface area (Å²) in [5.41, 5.74) is 1.76. The maximum absolute atomic E-state index is 13.0. The van der Waals surface area contributed by atoms with Crippen LogP contribution in [0.1, 0.15) is 21.5 Å². The van der Waals surface area contributed by atoms with Crippen molar-refractivity contribution in [3.8, 4) is 5.75 Å². The molecule has 0 bridgehead atoms. The van der Waals surface area contributed by atoms with Crippen LogP contribution in [0.5, 0.6) is 5.75 Å². The van der Waals surface area contributed by atoms with Crippen LogP contribution in [0.2, 0.25) is 0 Å². The minimum absolute atomic E-state index is 0.0423. The molecule has 3 aromatic carbocycles. The molecule has 0 heterocycles. The van der Waals surface area contributed by atoms with Crippen molar-refractivity contribution < 1.29 is 31.1 Å². The number of hydrogen-bond donors (Lipinski definition) is 2. The first-order valence-corrected chi connectivity index (χ1v) is 11.3. The zero-order valence-electron chi connectivity index (χ0n) is 17.5. The molecule has 0 spiro atoms. The van der Waals surface area contributed by atoms with Crippen LogP contribution < -0.4 is 14.8 Å². The van der Waals surface area contributed by atoms with Gasteiger partial charge in [0.25, 0.3) is 15.9 Å². The molecule has 0 aliphatic rings. The number of carbonyl (C=O) groups excluding carboxylic acids is 1. The summed E-state index contributed by atoms with van der Waals surface area (Å²) in [5.74, 6) is -0.908. The standard InChI is InChI=1S/C23H21F3N2O4S/c1-15-2-11-20(33(30,31)28-18-7-5-17(24)6-8-18)14-21(15)22(29)27-13-12-16-3-9-19(10-4-16)32-23(25)26/h2-11,14,23,28H,12-13H2,1H3,(H,27,29). The van der Waals surface area contributed by atoms with Crippen LogP contribution >= 0.6 is 0 Å². The Morgan fingerprint density at radius 3 is 2.30 bits per heavy atom. The van der Waals surface area contributed by atoms with Crippen molar-refractivity contribution in [3.63, 3.8) is 0 Å². The molecule has 6 nitrogen and oxygen atoms in total. The van der Waals surface area contributed by atoms with Crippen molar-refractivity contribution in [3.05, 3.63) is 89.2 Å². The third-order valence-electron chi connectivity index (χ3n) is 4.71. The quantitative estimate of drug-likeness (QED) is 0.474. The van der Waals surface area contributed by atoms with E-state index in [1.54, 1.807) is 19.1 Å². The number of alkyl halides is 2. The first-order chi connectivity index (χ1) is 15.6. The zero-order valence-corrected chi connectivity index (χ0v) is 18.3. The molecule has 0 radical (unpaired) electrons. The molecule has 0 saturated heterocycles. The summed E-state index contributed by atoms with van der Waals surface area (Å²) < 4.78 is 69.4. The van der Waals surface area contributed by atoms with Crippen LogP contribution in [0.3, 0.4) is 0 Å². The molecule has 3 rings (SSSR count). The molecule has 174 valence electrons. The highest BCUT2D eigenvalue weighted by Gasteiger charge is 2.18. The summed E-state index contributed by atoms with van der Waals surface area (Å²) in [7, 11) is -3.99. The predicted octanol–water partition coefficient (Wildman–Crippen LogP) is 4.51. The molecule has 0 saturated carbocycles. The van der Waals surface area contributed by atoms with E-state index in [0.717, 1.165) is 17.7 Å². The van der Waals surface area contributed by atoms with E-state index in [0.29, 0.717) is 12.0 Å². The molecule has 0 aliphatic carbocycles. The summed E-state index contributed by atoms with van der Waals surface area (Å²) in [6.45, 7) is -0.970. The van der Waals surface area contributed by atoms with Crippen LogP contribution in [-0.4, -0.2) is 27.5 Å². The van der Waals surface area contributed by atoms with Gasteiger partial charge in [-0.1, -0.05) is 18.2 Å². The zero-order chi connectivity index (χ0) is 24.0. The second-order valence-corrected chi connectivity index (χ2v) is 8.80. The Hall–Kier alpha value is -3.53. The van der Waals surface area contributed by atoms with Crippen molar-refractivity contribution in [2.24, 2.45) is 0 Å². The highest BCUT2D eigenvalue weighted by atomic mass is 32.2. The van der Waals surface area contributed by atoms with Gasteiger partial charge in [0, 0.05) is 17.8 Å². The van der Waals surface area contributed by atoms with Crippen molar-refractivity contribution in [1.82, 2.24) is 5.32 Å². The number of carbonyl (C=O) groups is 1. The minimum atomic E-state index is -3.99. The van der Waals surface area contributed by atoms with Gasteiger partial charge < -0.3 is 10.1 Å². The molecule has 1 amide bonds. The fourth-order valence-corrected chi connectivity index (χ4v) is 4.08. The van der Waals surface area contributed by atoms with Gasteiger partial charge in [0.2, 0.25) is 0 Å². The van der Waals surface area contributed by atoms with E-state index < -0.39 is 28.4 Å². The van der Waals surface area contributed by atoms with Gasteiger partial charge in [0.05, 0.1) is 4.90 Å². The summed E-state index contributed by atoms with van der Waals surface area (Å²) >= 11 is 0. The number of amides is 1. The van der Waals surface area contributed by atoms with Crippen LogP contribution in [0.15, 0.2) is 71.6 Å². The van der Waals surface area contributed by atoms with E-state index in [2.05, 4.69) is 14.8 Å². The van der Waals surface area contributed by atoms with Gasteiger partial charge in [-0.3, -0.25) is 9.52 Å². The molecule has 0 aliphatic heterocycles. The number of halogens is 3. The number of rotatable bonds is 9. The first kappa shape index (κ1) is 24.1. The fourth-order valence-electron chi connectivity index (χ4n) is 3.00. The highest BCUT2D eigenvalue weighted by molar-refractivity contribution is 7.92. The lowest BCUT2D eigenvalue weighted by atomic mass is 10.1. The Balaban J connectivity index is 1.64. The van der Waals surface area contributed by atoms with Crippen molar-refractivity contribution in [1.29, 1.82) is 0 Å². The molecule has 2 N–H and O–H groups in total. The number of ether oxygens (including phenoxy) is 1. The molecule has 0 fully saturated rings.